The molecule has 2 aromatic rings. The number of hydrogen-bond acceptors (Lipinski definition) is 6. The van der Waals surface area contributed by atoms with Crippen LogP contribution in [0.5, 0.6) is 0 Å². The molecule has 0 aliphatic heterocycles. The van der Waals surface area contributed by atoms with Crippen LogP contribution in [0.25, 0.3) is 0 Å². The minimum atomic E-state index is -0.334. The Kier molecular flexibility index (Phi) is 2.95. The van der Waals surface area contributed by atoms with Gasteiger partial charge in [0.1, 0.15) is 5.82 Å². The number of carbonyl (C=O) groups excluding carboxylic acids is 1. The molecule has 0 spiro atoms. The van der Waals surface area contributed by atoms with E-state index in [1.807, 2.05) is 0 Å². The zero-order chi connectivity index (χ0) is 12.3. The molecule has 0 saturated carbocycles. The lowest BCUT2D eigenvalue weighted by Crippen LogP contribution is -2.27. The number of amides is 1. The van der Waals surface area contributed by atoms with Crippen molar-refractivity contribution in [3.8, 4) is 0 Å². The third-order valence-corrected chi connectivity index (χ3v) is 2.15. The molecule has 88 valence electrons. The number of tetrazole rings is 1. The molecule has 4 N–H and O–H groups in total. The van der Waals surface area contributed by atoms with Crippen molar-refractivity contribution in [2.45, 2.75) is 13.0 Å². The zero-order valence-electron chi connectivity index (χ0n) is 9.08. The first-order valence-corrected chi connectivity index (χ1v) is 4.92. The lowest BCUT2D eigenvalue weighted by molar-refractivity contribution is 0.0938. The second-order valence-corrected chi connectivity index (χ2v) is 3.44. The summed E-state index contributed by atoms with van der Waals surface area (Å²) in [5, 5.41) is 16.0. The SMILES string of the molecule is CC(NC(=O)c1ccc(N)nc1)c1nn[nH]n1. The Morgan fingerprint density at radius 1 is 1.53 bits per heavy atom. The first-order valence-electron chi connectivity index (χ1n) is 4.92. The van der Waals surface area contributed by atoms with Crippen LogP contribution in [0.3, 0.4) is 0 Å². The van der Waals surface area contributed by atoms with E-state index in [1.54, 1.807) is 19.1 Å². The van der Waals surface area contributed by atoms with E-state index in [4.69, 9.17) is 5.73 Å². The number of aromatic nitrogens is 5. The van der Waals surface area contributed by atoms with E-state index in [2.05, 4.69) is 30.9 Å². The van der Waals surface area contributed by atoms with Gasteiger partial charge in [-0.15, -0.1) is 10.2 Å². The third-order valence-electron chi connectivity index (χ3n) is 2.15. The number of carbonyl (C=O) groups is 1. The number of nitrogens with zero attached hydrogens (tertiary/aromatic N) is 4. The second-order valence-electron chi connectivity index (χ2n) is 3.44. The number of H-pyrrole nitrogens is 1. The average Bonchev–Trinajstić information content (AvgIpc) is 2.83. The van der Waals surface area contributed by atoms with Crippen LogP contribution in [0.4, 0.5) is 5.82 Å². The Labute approximate surface area is 96.6 Å². The Hall–Kier alpha value is -2.51. The maximum atomic E-state index is 11.8. The highest BCUT2D eigenvalue weighted by molar-refractivity contribution is 5.94. The Morgan fingerprint density at radius 3 is 2.94 bits per heavy atom. The molecule has 0 saturated heterocycles. The molecule has 8 heteroatoms. The Morgan fingerprint density at radius 2 is 2.35 bits per heavy atom. The van der Waals surface area contributed by atoms with Crippen molar-refractivity contribution < 1.29 is 4.79 Å². The number of nitrogen functional groups attached to an aromatic ring is 1. The summed E-state index contributed by atoms with van der Waals surface area (Å²) in [7, 11) is 0. The van der Waals surface area contributed by atoms with Crippen molar-refractivity contribution in [3.63, 3.8) is 0 Å². The number of rotatable bonds is 3. The van der Waals surface area contributed by atoms with Gasteiger partial charge in [-0.3, -0.25) is 4.79 Å². The second kappa shape index (κ2) is 4.56. The monoisotopic (exact) mass is 233 g/mol. The van der Waals surface area contributed by atoms with Crippen LogP contribution in [-0.4, -0.2) is 31.5 Å². The highest BCUT2D eigenvalue weighted by Crippen LogP contribution is 2.06. The number of anilines is 1. The molecule has 2 aromatic heterocycles. The van der Waals surface area contributed by atoms with Crippen LogP contribution >= 0.6 is 0 Å². The van der Waals surface area contributed by atoms with Gasteiger partial charge >= 0.3 is 0 Å². The van der Waals surface area contributed by atoms with E-state index in [0.717, 1.165) is 0 Å². The molecule has 0 radical (unpaired) electrons. The molecule has 1 atom stereocenters. The molecular formula is C9H11N7O. The predicted octanol–water partition coefficient (Wildman–Crippen LogP) is -0.332. The van der Waals surface area contributed by atoms with Gasteiger partial charge < -0.3 is 11.1 Å². The summed E-state index contributed by atoms with van der Waals surface area (Å²) >= 11 is 0. The summed E-state index contributed by atoms with van der Waals surface area (Å²) in [6.45, 7) is 1.76. The van der Waals surface area contributed by atoms with Crippen LogP contribution in [0, 0.1) is 0 Å². The summed E-state index contributed by atoms with van der Waals surface area (Å²) < 4.78 is 0. The molecule has 17 heavy (non-hydrogen) atoms. The van der Waals surface area contributed by atoms with E-state index in [0.29, 0.717) is 17.2 Å². The molecule has 0 bridgehead atoms. The standard InChI is InChI=1S/C9H11N7O/c1-5(8-13-15-16-14-8)12-9(17)6-2-3-7(10)11-4-6/h2-5H,1H3,(H2,10,11)(H,12,17)(H,13,14,15,16). The van der Waals surface area contributed by atoms with Crippen molar-refractivity contribution in [1.29, 1.82) is 0 Å². The average molecular weight is 233 g/mol. The van der Waals surface area contributed by atoms with Gasteiger partial charge in [-0.05, 0) is 19.1 Å². The normalized spacial score (nSPS) is 12.1. The summed E-state index contributed by atoms with van der Waals surface area (Å²) in [6.07, 6.45) is 1.41. The van der Waals surface area contributed by atoms with E-state index >= 15 is 0 Å². The van der Waals surface area contributed by atoms with Gasteiger partial charge in [-0.2, -0.15) is 5.21 Å². The van der Waals surface area contributed by atoms with Crippen molar-refractivity contribution in [2.24, 2.45) is 0 Å². The number of nitrogens with two attached hydrogens (primary N) is 1. The topological polar surface area (TPSA) is 122 Å². The third kappa shape index (κ3) is 2.54. The molecule has 1 amide bonds. The quantitative estimate of drug-likeness (QED) is 0.667. The molecule has 0 fully saturated rings. The first-order chi connectivity index (χ1) is 8.16. The molecule has 8 nitrogen and oxygen atoms in total. The van der Waals surface area contributed by atoms with Crippen LogP contribution in [0.2, 0.25) is 0 Å². The number of nitrogens with one attached hydrogen (secondary N) is 2. The summed E-state index contributed by atoms with van der Waals surface area (Å²) in [5.41, 5.74) is 5.86. The Balaban J connectivity index is 2.04. The fourth-order valence-electron chi connectivity index (χ4n) is 1.24. The van der Waals surface area contributed by atoms with Crippen molar-refractivity contribution in [1.82, 2.24) is 30.9 Å². The minimum absolute atomic E-state index is 0.269. The van der Waals surface area contributed by atoms with Gasteiger partial charge in [0, 0.05) is 6.20 Å². The van der Waals surface area contributed by atoms with E-state index in [9.17, 15) is 4.79 Å². The highest BCUT2D eigenvalue weighted by atomic mass is 16.1. The maximum Gasteiger partial charge on any atom is 0.253 e. The van der Waals surface area contributed by atoms with Gasteiger partial charge in [-0.1, -0.05) is 5.21 Å². The van der Waals surface area contributed by atoms with Crippen molar-refractivity contribution >= 4 is 11.7 Å². The molecule has 0 aromatic carbocycles. The first kappa shape index (κ1) is 11.0. The lowest BCUT2D eigenvalue weighted by atomic mass is 10.2. The van der Waals surface area contributed by atoms with Crippen LogP contribution in [0.1, 0.15) is 29.1 Å². The zero-order valence-corrected chi connectivity index (χ0v) is 9.08. The Bertz CT molecular complexity index is 493. The van der Waals surface area contributed by atoms with E-state index < -0.39 is 0 Å². The van der Waals surface area contributed by atoms with Crippen LogP contribution in [-0.2, 0) is 0 Å². The molecule has 0 aliphatic rings. The van der Waals surface area contributed by atoms with Crippen LogP contribution in [0.15, 0.2) is 18.3 Å². The maximum absolute atomic E-state index is 11.8. The molecule has 0 aliphatic carbocycles. The highest BCUT2D eigenvalue weighted by Gasteiger charge is 2.14. The molecule has 2 heterocycles. The van der Waals surface area contributed by atoms with E-state index in [1.165, 1.54) is 6.20 Å². The fourth-order valence-corrected chi connectivity index (χ4v) is 1.24. The fraction of sp³-hybridized carbons (Fsp3) is 0.222. The molecular weight excluding hydrogens is 222 g/mol. The molecule has 1 unspecified atom stereocenters. The molecule has 2 rings (SSSR count). The minimum Gasteiger partial charge on any atom is -0.384 e. The van der Waals surface area contributed by atoms with Gasteiger partial charge in [-0.25, -0.2) is 4.98 Å². The van der Waals surface area contributed by atoms with Gasteiger partial charge in [0.25, 0.3) is 5.91 Å². The summed E-state index contributed by atoms with van der Waals surface area (Å²) in [6, 6.07) is 2.83. The van der Waals surface area contributed by atoms with Crippen molar-refractivity contribution in [2.75, 3.05) is 5.73 Å². The summed E-state index contributed by atoms with van der Waals surface area (Å²) in [4.78, 5) is 15.6. The van der Waals surface area contributed by atoms with Gasteiger partial charge in [0.05, 0.1) is 11.6 Å². The van der Waals surface area contributed by atoms with Crippen molar-refractivity contribution in [3.05, 3.63) is 29.7 Å². The largest absolute Gasteiger partial charge is 0.384 e. The number of pyridine rings is 1. The predicted molar refractivity (Wildman–Crippen MR) is 58.7 cm³/mol. The smallest absolute Gasteiger partial charge is 0.253 e. The lowest BCUT2D eigenvalue weighted by Gasteiger charge is -2.09. The van der Waals surface area contributed by atoms with Gasteiger partial charge in [0.2, 0.25) is 0 Å². The number of aromatic amines is 1. The van der Waals surface area contributed by atoms with Crippen LogP contribution < -0.4 is 11.1 Å². The van der Waals surface area contributed by atoms with E-state index in [-0.39, 0.29) is 11.9 Å². The number of hydrogen-bond donors (Lipinski definition) is 3. The van der Waals surface area contributed by atoms with Gasteiger partial charge in [0.15, 0.2) is 5.82 Å². The summed E-state index contributed by atoms with van der Waals surface area (Å²) in [5.74, 6) is 0.518.